The molecule has 0 fully saturated rings. The Hall–Kier alpha value is -2.55. The molecule has 0 aliphatic heterocycles. The van der Waals surface area contributed by atoms with E-state index in [1.165, 1.54) is 6.07 Å². The SMILES string of the molecule is C=CCOc1ccc(CC(=O)c2ccccc2)c(O)c1. The Morgan fingerprint density at radius 3 is 2.60 bits per heavy atom. The third-order valence-electron chi connectivity index (χ3n) is 2.87. The van der Waals surface area contributed by atoms with Gasteiger partial charge in [-0.3, -0.25) is 4.79 Å². The molecule has 2 aromatic rings. The van der Waals surface area contributed by atoms with E-state index in [0.29, 0.717) is 23.5 Å². The van der Waals surface area contributed by atoms with Gasteiger partial charge >= 0.3 is 0 Å². The van der Waals surface area contributed by atoms with E-state index >= 15 is 0 Å². The van der Waals surface area contributed by atoms with Crippen LogP contribution in [0.3, 0.4) is 0 Å². The van der Waals surface area contributed by atoms with Crippen molar-refractivity contribution >= 4 is 5.78 Å². The Morgan fingerprint density at radius 2 is 1.95 bits per heavy atom. The highest BCUT2D eigenvalue weighted by atomic mass is 16.5. The largest absolute Gasteiger partial charge is 0.508 e. The predicted octanol–water partition coefficient (Wildman–Crippen LogP) is 3.38. The monoisotopic (exact) mass is 268 g/mol. The van der Waals surface area contributed by atoms with Gasteiger partial charge in [0.25, 0.3) is 0 Å². The van der Waals surface area contributed by atoms with Crippen LogP contribution in [-0.2, 0) is 6.42 Å². The standard InChI is InChI=1S/C17H16O3/c1-2-10-20-15-9-8-14(17(19)12-15)11-16(18)13-6-4-3-5-7-13/h2-9,12,19H,1,10-11H2. The molecule has 0 aliphatic rings. The van der Waals surface area contributed by atoms with E-state index in [-0.39, 0.29) is 18.0 Å². The highest BCUT2D eigenvalue weighted by Gasteiger charge is 2.10. The Bertz CT molecular complexity index is 603. The summed E-state index contributed by atoms with van der Waals surface area (Å²) in [6.45, 7) is 3.93. The maximum absolute atomic E-state index is 12.1. The van der Waals surface area contributed by atoms with Crippen LogP contribution in [0.1, 0.15) is 15.9 Å². The van der Waals surface area contributed by atoms with Crippen LogP contribution < -0.4 is 4.74 Å². The molecule has 3 nitrogen and oxygen atoms in total. The third kappa shape index (κ3) is 3.48. The van der Waals surface area contributed by atoms with Gasteiger partial charge in [0, 0.05) is 23.6 Å². The summed E-state index contributed by atoms with van der Waals surface area (Å²) >= 11 is 0. The van der Waals surface area contributed by atoms with Crippen LogP contribution in [0.5, 0.6) is 11.5 Å². The number of Topliss-reactive ketones (excluding diaryl/α,β-unsaturated/α-hetero) is 1. The lowest BCUT2D eigenvalue weighted by Crippen LogP contribution is -2.03. The van der Waals surface area contributed by atoms with Gasteiger partial charge in [-0.25, -0.2) is 0 Å². The number of phenolic OH excluding ortho intramolecular Hbond substituents is 1. The first-order valence-corrected chi connectivity index (χ1v) is 6.34. The van der Waals surface area contributed by atoms with Crippen molar-refractivity contribution < 1.29 is 14.6 Å². The molecule has 0 amide bonds. The fraction of sp³-hybridized carbons (Fsp3) is 0.118. The van der Waals surface area contributed by atoms with Crippen LogP contribution >= 0.6 is 0 Å². The van der Waals surface area contributed by atoms with Gasteiger partial charge in [-0.05, 0) is 6.07 Å². The topological polar surface area (TPSA) is 46.5 Å². The molecular weight excluding hydrogens is 252 g/mol. The van der Waals surface area contributed by atoms with E-state index in [2.05, 4.69) is 6.58 Å². The van der Waals surface area contributed by atoms with Crippen molar-refractivity contribution in [1.82, 2.24) is 0 Å². The van der Waals surface area contributed by atoms with Gasteiger partial charge in [-0.15, -0.1) is 0 Å². The summed E-state index contributed by atoms with van der Waals surface area (Å²) in [6.07, 6.45) is 1.79. The molecule has 0 unspecified atom stereocenters. The normalized spacial score (nSPS) is 10.0. The van der Waals surface area contributed by atoms with Crippen molar-refractivity contribution in [3.8, 4) is 11.5 Å². The summed E-state index contributed by atoms with van der Waals surface area (Å²) in [6, 6.07) is 14.0. The second kappa shape index (κ2) is 6.57. The van der Waals surface area contributed by atoms with Crippen molar-refractivity contribution in [2.45, 2.75) is 6.42 Å². The quantitative estimate of drug-likeness (QED) is 0.645. The van der Waals surface area contributed by atoms with Crippen LogP contribution in [0.15, 0.2) is 61.2 Å². The van der Waals surface area contributed by atoms with E-state index in [1.54, 1.807) is 30.3 Å². The molecule has 0 saturated carbocycles. The molecule has 3 heteroatoms. The number of phenols is 1. The Labute approximate surface area is 118 Å². The van der Waals surface area contributed by atoms with Crippen LogP contribution in [0.4, 0.5) is 0 Å². The predicted molar refractivity (Wildman–Crippen MR) is 78.3 cm³/mol. The van der Waals surface area contributed by atoms with Crippen LogP contribution in [0, 0.1) is 0 Å². The van der Waals surface area contributed by atoms with Gasteiger partial charge in [-0.1, -0.05) is 49.1 Å². The molecule has 0 saturated heterocycles. The van der Waals surface area contributed by atoms with Crippen molar-refractivity contribution in [3.05, 3.63) is 72.3 Å². The van der Waals surface area contributed by atoms with Crippen molar-refractivity contribution in [2.75, 3.05) is 6.61 Å². The van der Waals surface area contributed by atoms with E-state index in [0.717, 1.165) is 0 Å². The summed E-state index contributed by atoms with van der Waals surface area (Å²) in [5.74, 6) is 0.592. The molecule has 0 aromatic heterocycles. The number of ketones is 1. The molecule has 0 spiro atoms. The number of hydrogen-bond acceptors (Lipinski definition) is 3. The number of carbonyl (C=O) groups is 1. The Balaban J connectivity index is 2.10. The number of benzene rings is 2. The third-order valence-corrected chi connectivity index (χ3v) is 2.87. The maximum atomic E-state index is 12.1. The Kier molecular flexibility index (Phi) is 4.56. The highest BCUT2D eigenvalue weighted by Crippen LogP contribution is 2.25. The van der Waals surface area contributed by atoms with E-state index in [9.17, 15) is 9.90 Å². The van der Waals surface area contributed by atoms with Crippen molar-refractivity contribution in [3.63, 3.8) is 0 Å². The number of hydrogen-bond donors (Lipinski definition) is 1. The molecule has 2 rings (SSSR count). The minimum Gasteiger partial charge on any atom is -0.508 e. The first-order chi connectivity index (χ1) is 9.70. The zero-order valence-corrected chi connectivity index (χ0v) is 11.1. The van der Waals surface area contributed by atoms with Gasteiger partial charge in [0.15, 0.2) is 5.78 Å². The summed E-state index contributed by atoms with van der Waals surface area (Å²) in [4.78, 5) is 12.1. The molecule has 0 atom stereocenters. The number of rotatable bonds is 6. The fourth-order valence-electron chi connectivity index (χ4n) is 1.84. The van der Waals surface area contributed by atoms with E-state index in [4.69, 9.17) is 4.74 Å². The van der Waals surface area contributed by atoms with E-state index < -0.39 is 0 Å². The average Bonchev–Trinajstić information content (AvgIpc) is 2.48. The lowest BCUT2D eigenvalue weighted by molar-refractivity contribution is 0.0992. The number of ether oxygens (including phenoxy) is 1. The molecular formula is C17H16O3. The van der Waals surface area contributed by atoms with Crippen LogP contribution in [-0.4, -0.2) is 17.5 Å². The molecule has 0 bridgehead atoms. The van der Waals surface area contributed by atoms with Crippen LogP contribution in [0.2, 0.25) is 0 Å². The lowest BCUT2D eigenvalue weighted by atomic mass is 10.0. The molecule has 20 heavy (non-hydrogen) atoms. The molecule has 0 radical (unpaired) electrons. The second-order valence-corrected chi connectivity index (χ2v) is 4.36. The summed E-state index contributed by atoms with van der Waals surface area (Å²) in [5, 5.41) is 9.93. The molecule has 102 valence electrons. The second-order valence-electron chi connectivity index (χ2n) is 4.36. The minimum absolute atomic E-state index is 0.0272. The van der Waals surface area contributed by atoms with Crippen molar-refractivity contribution in [2.24, 2.45) is 0 Å². The van der Waals surface area contributed by atoms with Crippen LogP contribution in [0.25, 0.3) is 0 Å². The van der Waals surface area contributed by atoms with Crippen molar-refractivity contribution in [1.29, 1.82) is 0 Å². The van der Waals surface area contributed by atoms with Gasteiger partial charge in [0.1, 0.15) is 18.1 Å². The Morgan fingerprint density at radius 1 is 1.20 bits per heavy atom. The molecule has 0 heterocycles. The average molecular weight is 268 g/mol. The highest BCUT2D eigenvalue weighted by molar-refractivity contribution is 5.97. The fourth-order valence-corrected chi connectivity index (χ4v) is 1.84. The zero-order chi connectivity index (χ0) is 14.4. The van der Waals surface area contributed by atoms with Gasteiger partial charge in [0.05, 0.1) is 0 Å². The summed E-state index contributed by atoms with van der Waals surface area (Å²) in [7, 11) is 0. The maximum Gasteiger partial charge on any atom is 0.167 e. The van der Waals surface area contributed by atoms with E-state index in [1.807, 2.05) is 18.2 Å². The van der Waals surface area contributed by atoms with Gasteiger partial charge < -0.3 is 9.84 Å². The van der Waals surface area contributed by atoms with Gasteiger partial charge in [0.2, 0.25) is 0 Å². The zero-order valence-electron chi connectivity index (χ0n) is 11.1. The first kappa shape index (κ1) is 13.9. The van der Waals surface area contributed by atoms with Gasteiger partial charge in [-0.2, -0.15) is 0 Å². The number of aromatic hydroxyl groups is 1. The lowest BCUT2D eigenvalue weighted by Gasteiger charge is -2.08. The summed E-state index contributed by atoms with van der Waals surface area (Å²) in [5.41, 5.74) is 1.23. The minimum atomic E-state index is -0.0272. The smallest absolute Gasteiger partial charge is 0.167 e. The molecule has 2 aromatic carbocycles. The summed E-state index contributed by atoms with van der Waals surface area (Å²) < 4.78 is 5.32. The molecule has 0 aliphatic carbocycles. The number of carbonyl (C=O) groups excluding carboxylic acids is 1. The first-order valence-electron chi connectivity index (χ1n) is 6.34. The molecule has 1 N–H and O–H groups in total.